The standard InChI is InChI=1S/C20H17F6N3O6S/c1-27-36(34,35)13-6-7-14-10(8-13)9-29(17(31)32)15(14)16(30)28-12-4-2-11(3-5-12)18(33,19(21,22)23)20(24,25)26/h2-8,15,27,33H,9H2,1H3,(H,28,30)(H,31,32)/p-1. The lowest BCUT2D eigenvalue weighted by Crippen LogP contribution is -2.53. The van der Waals surface area contributed by atoms with E-state index in [-0.39, 0.29) is 21.7 Å². The van der Waals surface area contributed by atoms with E-state index < -0.39 is 58.1 Å². The van der Waals surface area contributed by atoms with E-state index in [9.17, 15) is 54.6 Å². The van der Waals surface area contributed by atoms with Gasteiger partial charge in [-0.05, 0) is 42.4 Å². The predicted molar refractivity (Wildman–Crippen MR) is 107 cm³/mol. The summed E-state index contributed by atoms with van der Waals surface area (Å²) in [4.78, 5) is 24.8. The molecule has 16 heteroatoms. The molecule has 1 unspecified atom stereocenters. The summed E-state index contributed by atoms with van der Waals surface area (Å²) in [5.74, 6) is -1.04. The van der Waals surface area contributed by atoms with Gasteiger partial charge in [0, 0.05) is 17.8 Å². The Balaban J connectivity index is 1.92. The summed E-state index contributed by atoms with van der Waals surface area (Å²) in [5.41, 5.74) is -6.78. The van der Waals surface area contributed by atoms with Crippen molar-refractivity contribution in [1.82, 2.24) is 9.62 Å². The van der Waals surface area contributed by atoms with Crippen molar-refractivity contribution >= 4 is 27.7 Å². The number of rotatable bonds is 5. The van der Waals surface area contributed by atoms with Crippen molar-refractivity contribution in [3.05, 3.63) is 59.2 Å². The zero-order valence-electron chi connectivity index (χ0n) is 17.9. The Morgan fingerprint density at radius 3 is 2.06 bits per heavy atom. The number of sulfonamides is 1. The van der Waals surface area contributed by atoms with Crippen LogP contribution in [0.2, 0.25) is 0 Å². The van der Waals surface area contributed by atoms with Crippen LogP contribution in [0.5, 0.6) is 0 Å². The van der Waals surface area contributed by atoms with Gasteiger partial charge in [-0.3, -0.25) is 4.79 Å². The molecular weight excluding hydrogens is 524 g/mol. The zero-order chi connectivity index (χ0) is 27.3. The number of amides is 2. The molecule has 1 heterocycles. The summed E-state index contributed by atoms with van der Waals surface area (Å²) in [6.07, 6.45) is -14.0. The van der Waals surface area contributed by atoms with Crippen LogP contribution in [0.1, 0.15) is 22.7 Å². The maximum Gasteiger partial charge on any atom is 0.430 e. The number of nitrogens with zero attached hydrogens (tertiary/aromatic N) is 1. The Bertz CT molecular complexity index is 1280. The number of carboxylic acid groups (broad SMARTS) is 1. The quantitative estimate of drug-likeness (QED) is 0.494. The van der Waals surface area contributed by atoms with E-state index in [0.717, 1.165) is 19.2 Å². The number of carbonyl (C=O) groups is 2. The second kappa shape index (κ2) is 8.94. The average molecular weight is 540 g/mol. The Hall–Kier alpha value is -3.37. The number of anilines is 1. The van der Waals surface area contributed by atoms with Gasteiger partial charge in [-0.15, -0.1) is 0 Å². The van der Waals surface area contributed by atoms with Gasteiger partial charge in [-0.2, -0.15) is 26.3 Å². The van der Waals surface area contributed by atoms with Gasteiger partial charge in [0.15, 0.2) is 0 Å². The molecule has 2 aromatic rings. The van der Waals surface area contributed by atoms with E-state index in [1.165, 1.54) is 6.07 Å². The smallest absolute Gasteiger partial charge is 0.430 e. The van der Waals surface area contributed by atoms with Gasteiger partial charge >= 0.3 is 12.4 Å². The minimum atomic E-state index is -6.10. The number of hydrogen-bond acceptors (Lipinski definition) is 6. The third-order valence-corrected chi connectivity index (χ3v) is 6.93. The molecule has 0 aromatic heterocycles. The molecule has 9 nitrogen and oxygen atoms in total. The van der Waals surface area contributed by atoms with E-state index in [2.05, 4.69) is 10.0 Å². The van der Waals surface area contributed by atoms with Crippen LogP contribution >= 0.6 is 0 Å². The fourth-order valence-electron chi connectivity index (χ4n) is 3.66. The maximum absolute atomic E-state index is 13.0. The van der Waals surface area contributed by atoms with Crippen LogP contribution in [0.25, 0.3) is 0 Å². The fraction of sp³-hybridized carbons (Fsp3) is 0.300. The third kappa shape index (κ3) is 4.58. The summed E-state index contributed by atoms with van der Waals surface area (Å²) < 4.78 is 104. The third-order valence-electron chi connectivity index (χ3n) is 5.51. The van der Waals surface area contributed by atoms with E-state index in [0.29, 0.717) is 29.2 Å². The highest BCUT2D eigenvalue weighted by Crippen LogP contribution is 2.50. The van der Waals surface area contributed by atoms with Crippen LogP contribution in [0.3, 0.4) is 0 Å². The second-order valence-electron chi connectivity index (χ2n) is 7.64. The van der Waals surface area contributed by atoms with Crippen LogP contribution in [0.15, 0.2) is 47.4 Å². The lowest BCUT2D eigenvalue weighted by molar-refractivity contribution is -0.376. The molecule has 0 bridgehead atoms. The number of benzene rings is 2. The highest BCUT2D eigenvalue weighted by atomic mass is 32.2. The monoisotopic (exact) mass is 540 g/mol. The van der Waals surface area contributed by atoms with E-state index in [1.807, 2.05) is 0 Å². The van der Waals surface area contributed by atoms with Crippen LogP contribution < -0.4 is 15.1 Å². The van der Waals surface area contributed by atoms with Crippen molar-refractivity contribution < 1.29 is 54.6 Å². The molecule has 2 amide bonds. The topological polar surface area (TPSA) is 139 Å². The lowest BCUT2D eigenvalue weighted by atomic mass is 9.92. The normalized spacial score (nSPS) is 16.6. The van der Waals surface area contributed by atoms with Crippen molar-refractivity contribution in [3.63, 3.8) is 0 Å². The first-order chi connectivity index (χ1) is 16.4. The Labute approximate surface area is 199 Å². The zero-order valence-corrected chi connectivity index (χ0v) is 18.8. The Morgan fingerprint density at radius 2 is 1.58 bits per heavy atom. The van der Waals surface area contributed by atoms with Gasteiger partial charge in [0.25, 0.3) is 11.5 Å². The highest BCUT2D eigenvalue weighted by Gasteiger charge is 2.71. The molecule has 3 N–H and O–H groups in total. The van der Waals surface area contributed by atoms with E-state index in [4.69, 9.17) is 0 Å². The maximum atomic E-state index is 13.0. The number of aliphatic hydroxyl groups is 1. The Morgan fingerprint density at radius 1 is 1.03 bits per heavy atom. The molecule has 196 valence electrons. The van der Waals surface area contributed by atoms with Crippen LogP contribution in [-0.4, -0.2) is 49.8 Å². The SMILES string of the molecule is CNS(=O)(=O)c1ccc2c(c1)CN(C(=O)[O-])C2C(=O)Nc1ccc(C(O)(C(F)(F)F)C(F)(F)F)cc1. The van der Waals surface area contributed by atoms with Crippen LogP contribution in [0.4, 0.5) is 36.8 Å². The molecule has 0 saturated heterocycles. The van der Waals surface area contributed by atoms with Crippen molar-refractivity contribution in [1.29, 1.82) is 0 Å². The summed E-state index contributed by atoms with van der Waals surface area (Å²) in [5, 5.41) is 23.2. The summed E-state index contributed by atoms with van der Waals surface area (Å²) in [6.45, 7) is -0.425. The number of carbonyl (C=O) groups excluding carboxylic acids is 2. The van der Waals surface area contributed by atoms with Gasteiger partial charge in [-0.25, -0.2) is 13.1 Å². The number of hydrogen-bond donors (Lipinski definition) is 3. The van der Waals surface area contributed by atoms with Gasteiger partial charge in [0.1, 0.15) is 12.1 Å². The lowest BCUT2D eigenvalue weighted by Gasteiger charge is -2.32. The van der Waals surface area contributed by atoms with Crippen molar-refractivity contribution in [2.75, 3.05) is 12.4 Å². The number of halogens is 6. The molecule has 0 spiro atoms. The molecule has 3 rings (SSSR count). The van der Waals surface area contributed by atoms with E-state index >= 15 is 0 Å². The predicted octanol–water partition coefficient (Wildman–Crippen LogP) is 1.75. The summed E-state index contributed by atoms with van der Waals surface area (Å²) >= 11 is 0. The number of alkyl halides is 6. The first-order valence-corrected chi connectivity index (χ1v) is 11.2. The molecule has 0 saturated carbocycles. The van der Waals surface area contributed by atoms with Crippen LogP contribution in [0, 0.1) is 0 Å². The molecule has 36 heavy (non-hydrogen) atoms. The minimum Gasteiger partial charge on any atom is -0.530 e. The number of fused-ring (bicyclic) bond motifs is 1. The summed E-state index contributed by atoms with van der Waals surface area (Å²) in [7, 11) is -2.74. The number of nitrogens with one attached hydrogen (secondary N) is 2. The van der Waals surface area contributed by atoms with Gasteiger partial charge in [0.05, 0.1) is 4.90 Å². The Kier molecular flexibility index (Phi) is 6.76. The molecular formula is C20H16F6N3O6S-. The fourth-order valence-corrected chi connectivity index (χ4v) is 4.44. The van der Waals surface area contributed by atoms with Crippen molar-refractivity contribution in [2.45, 2.75) is 35.4 Å². The summed E-state index contributed by atoms with van der Waals surface area (Å²) in [6, 6.07) is 3.85. The first kappa shape index (κ1) is 27.2. The second-order valence-corrected chi connectivity index (χ2v) is 9.52. The molecule has 1 atom stereocenters. The van der Waals surface area contributed by atoms with Gasteiger partial charge < -0.3 is 25.2 Å². The van der Waals surface area contributed by atoms with Crippen LogP contribution in [-0.2, 0) is 27.0 Å². The van der Waals surface area contributed by atoms with Gasteiger partial charge in [-0.1, -0.05) is 18.2 Å². The highest BCUT2D eigenvalue weighted by molar-refractivity contribution is 7.89. The minimum absolute atomic E-state index is 0.0897. The largest absolute Gasteiger partial charge is 0.530 e. The molecule has 0 fully saturated rings. The average Bonchev–Trinajstić information content (AvgIpc) is 3.17. The molecule has 0 radical (unpaired) electrons. The molecule has 2 aromatic carbocycles. The first-order valence-electron chi connectivity index (χ1n) is 9.75. The van der Waals surface area contributed by atoms with E-state index in [1.54, 1.807) is 0 Å². The van der Waals surface area contributed by atoms with Gasteiger partial charge in [0.2, 0.25) is 10.0 Å². The molecule has 0 aliphatic carbocycles. The van der Waals surface area contributed by atoms with Crippen molar-refractivity contribution in [3.8, 4) is 0 Å². The van der Waals surface area contributed by atoms with Crippen molar-refractivity contribution in [2.24, 2.45) is 0 Å². The molecule has 1 aliphatic rings. The molecule has 1 aliphatic heterocycles.